The second-order valence-corrected chi connectivity index (χ2v) is 7.11. The number of benzene rings is 2. The molecular weight excluding hydrogens is 368 g/mol. The van der Waals surface area contributed by atoms with Gasteiger partial charge < -0.3 is 9.47 Å². The molecule has 5 heteroatoms. The number of unbranched alkanes of at least 4 members (excludes halogenated alkanes) is 2. The van der Waals surface area contributed by atoms with E-state index in [0.29, 0.717) is 31.2 Å². The maximum absolute atomic E-state index is 12.4. The van der Waals surface area contributed by atoms with Crippen molar-refractivity contribution in [3.05, 3.63) is 64.7 Å². The van der Waals surface area contributed by atoms with E-state index in [2.05, 4.69) is 0 Å². The molecule has 0 unspecified atom stereocenters. The number of esters is 1. The molecule has 0 amide bonds. The molecule has 0 aliphatic carbocycles. The second-order valence-electron chi connectivity index (χ2n) is 7.11. The summed E-state index contributed by atoms with van der Waals surface area (Å²) < 4.78 is 10.4. The Bertz CT molecular complexity index is 832. The van der Waals surface area contributed by atoms with Crippen LogP contribution in [0.25, 0.3) is 0 Å². The van der Waals surface area contributed by atoms with Gasteiger partial charge in [-0.2, -0.15) is 0 Å². The number of carbonyl (C=O) groups excluding carboxylic acids is 3. The molecule has 2 rings (SSSR count). The van der Waals surface area contributed by atoms with Crippen LogP contribution in [0.4, 0.5) is 0 Å². The van der Waals surface area contributed by atoms with Gasteiger partial charge in [-0.05, 0) is 55.5 Å². The normalized spacial score (nSPS) is 10.4. The van der Waals surface area contributed by atoms with Crippen molar-refractivity contribution in [1.29, 1.82) is 0 Å². The summed E-state index contributed by atoms with van der Waals surface area (Å²) in [5, 5.41) is 0. The predicted octanol–water partition coefficient (Wildman–Crippen LogP) is 4.76. The van der Waals surface area contributed by atoms with Crippen LogP contribution in [0.3, 0.4) is 0 Å². The fourth-order valence-electron chi connectivity index (χ4n) is 3.23. The number of ketones is 2. The topological polar surface area (TPSA) is 69.7 Å². The summed E-state index contributed by atoms with van der Waals surface area (Å²) in [6.45, 7) is 3.94. The van der Waals surface area contributed by atoms with E-state index >= 15 is 0 Å². The van der Waals surface area contributed by atoms with Crippen LogP contribution < -0.4 is 4.74 Å². The fourth-order valence-corrected chi connectivity index (χ4v) is 3.23. The number of rotatable bonds is 11. The van der Waals surface area contributed by atoms with Gasteiger partial charge in [0.2, 0.25) is 5.78 Å². The summed E-state index contributed by atoms with van der Waals surface area (Å²) in [6, 6.07) is 12.9. The molecular formula is C24H28O5. The molecule has 2 aromatic carbocycles. The van der Waals surface area contributed by atoms with E-state index in [9.17, 15) is 14.4 Å². The van der Waals surface area contributed by atoms with Crippen molar-refractivity contribution in [2.24, 2.45) is 0 Å². The van der Waals surface area contributed by atoms with Crippen LogP contribution in [-0.4, -0.2) is 24.6 Å². The van der Waals surface area contributed by atoms with Gasteiger partial charge in [-0.1, -0.05) is 36.8 Å². The van der Waals surface area contributed by atoms with Crippen LogP contribution in [-0.2, 0) is 20.9 Å². The highest BCUT2D eigenvalue weighted by atomic mass is 16.5. The summed E-state index contributed by atoms with van der Waals surface area (Å²) in [7, 11) is 1.62. The van der Waals surface area contributed by atoms with Gasteiger partial charge in [0, 0.05) is 18.4 Å². The third-order valence-electron chi connectivity index (χ3n) is 4.73. The van der Waals surface area contributed by atoms with Crippen molar-refractivity contribution in [2.45, 2.75) is 52.6 Å². The van der Waals surface area contributed by atoms with Gasteiger partial charge >= 0.3 is 5.97 Å². The number of hydrogen-bond donors (Lipinski definition) is 0. The molecule has 0 heterocycles. The van der Waals surface area contributed by atoms with Crippen LogP contribution in [0.5, 0.6) is 5.75 Å². The average molecular weight is 396 g/mol. The molecule has 2 aromatic rings. The Balaban J connectivity index is 1.67. The number of hydrogen-bond acceptors (Lipinski definition) is 5. The van der Waals surface area contributed by atoms with Crippen LogP contribution in [0.1, 0.15) is 59.2 Å². The highest BCUT2D eigenvalue weighted by Crippen LogP contribution is 2.25. The van der Waals surface area contributed by atoms with E-state index in [1.165, 1.54) is 0 Å². The zero-order chi connectivity index (χ0) is 21.2. The third kappa shape index (κ3) is 6.86. The first-order valence-electron chi connectivity index (χ1n) is 9.84. The standard InChI is InChI=1S/C24H28O5/c1-17-14-20(15-18(2)23(17)28-3)21(25)12-8-5-9-13-22(26)24(27)29-16-19-10-6-4-7-11-19/h4,6-7,10-11,14-15H,5,8-9,12-13,16H2,1-3H3. The van der Waals surface area contributed by atoms with Crippen molar-refractivity contribution in [1.82, 2.24) is 0 Å². The molecule has 0 bridgehead atoms. The molecule has 0 saturated carbocycles. The van der Waals surface area contributed by atoms with Gasteiger partial charge in [-0.15, -0.1) is 0 Å². The Morgan fingerprint density at radius 1 is 0.862 bits per heavy atom. The molecule has 154 valence electrons. The lowest BCUT2D eigenvalue weighted by molar-refractivity contribution is -0.154. The number of ether oxygens (including phenoxy) is 2. The van der Waals surface area contributed by atoms with Crippen LogP contribution >= 0.6 is 0 Å². The zero-order valence-electron chi connectivity index (χ0n) is 17.3. The van der Waals surface area contributed by atoms with Crippen molar-refractivity contribution in [2.75, 3.05) is 7.11 Å². The van der Waals surface area contributed by atoms with Crippen molar-refractivity contribution >= 4 is 17.5 Å². The SMILES string of the molecule is COc1c(C)cc(C(=O)CCCCCC(=O)C(=O)OCc2ccccc2)cc1C. The first-order valence-corrected chi connectivity index (χ1v) is 9.84. The van der Waals surface area contributed by atoms with Crippen LogP contribution in [0, 0.1) is 13.8 Å². The van der Waals surface area contributed by atoms with Gasteiger partial charge in [0.05, 0.1) is 7.11 Å². The Labute approximate surface area is 172 Å². The maximum Gasteiger partial charge on any atom is 0.374 e. The van der Waals surface area contributed by atoms with E-state index in [4.69, 9.17) is 9.47 Å². The van der Waals surface area contributed by atoms with Gasteiger partial charge in [-0.25, -0.2) is 4.79 Å². The molecule has 0 aliphatic heterocycles. The van der Waals surface area contributed by atoms with Gasteiger partial charge in [-0.3, -0.25) is 9.59 Å². The molecule has 29 heavy (non-hydrogen) atoms. The number of Topliss-reactive ketones (excluding diaryl/α,β-unsaturated/α-hetero) is 2. The van der Waals surface area contributed by atoms with E-state index in [0.717, 1.165) is 22.4 Å². The third-order valence-corrected chi connectivity index (χ3v) is 4.73. The quantitative estimate of drug-likeness (QED) is 0.237. The average Bonchev–Trinajstić information content (AvgIpc) is 2.71. The van der Waals surface area contributed by atoms with Gasteiger partial charge in [0.15, 0.2) is 5.78 Å². The summed E-state index contributed by atoms with van der Waals surface area (Å²) in [5.74, 6) is -0.436. The van der Waals surface area contributed by atoms with Crippen LogP contribution in [0.2, 0.25) is 0 Å². The Morgan fingerprint density at radius 2 is 1.48 bits per heavy atom. The number of aryl methyl sites for hydroxylation is 2. The highest BCUT2D eigenvalue weighted by Gasteiger charge is 2.15. The number of methoxy groups -OCH3 is 1. The smallest absolute Gasteiger partial charge is 0.374 e. The molecule has 0 atom stereocenters. The van der Waals surface area contributed by atoms with Gasteiger partial charge in [0.25, 0.3) is 0 Å². The molecule has 0 saturated heterocycles. The molecule has 0 fully saturated rings. The van der Waals surface area contributed by atoms with E-state index in [1.54, 1.807) is 7.11 Å². The Hall–Kier alpha value is -2.95. The minimum absolute atomic E-state index is 0.0763. The van der Waals surface area contributed by atoms with Crippen molar-refractivity contribution in [3.63, 3.8) is 0 Å². The van der Waals surface area contributed by atoms with E-state index < -0.39 is 11.8 Å². The number of carbonyl (C=O) groups is 3. The maximum atomic E-state index is 12.4. The first kappa shape index (κ1) is 22.3. The van der Waals surface area contributed by atoms with Crippen molar-refractivity contribution in [3.8, 4) is 5.75 Å². The molecule has 0 aliphatic rings. The largest absolute Gasteiger partial charge is 0.496 e. The minimum atomic E-state index is -0.797. The molecule has 0 aromatic heterocycles. The van der Waals surface area contributed by atoms with Crippen molar-refractivity contribution < 1.29 is 23.9 Å². The highest BCUT2D eigenvalue weighted by molar-refractivity contribution is 6.33. The minimum Gasteiger partial charge on any atom is -0.496 e. The first-order chi connectivity index (χ1) is 13.9. The molecule has 5 nitrogen and oxygen atoms in total. The molecule has 0 N–H and O–H groups in total. The fraction of sp³-hybridized carbons (Fsp3) is 0.375. The lowest BCUT2D eigenvalue weighted by atomic mass is 9.99. The predicted molar refractivity (Wildman–Crippen MR) is 111 cm³/mol. The lowest BCUT2D eigenvalue weighted by Gasteiger charge is -2.10. The monoisotopic (exact) mass is 396 g/mol. The zero-order valence-corrected chi connectivity index (χ0v) is 17.3. The lowest BCUT2D eigenvalue weighted by Crippen LogP contribution is -2.17. The van der Waals surface area contributed by atoms with Gasteiger partial charge in [0.1, 0.15) is 12.4 Å². The Kier molecular flexibility index (Phi) is 8.59. The van der Waals surface area contributed by atoms with E-state index in [1.807, 2.05) is 56.3 Å². The Morgan fingerprint density at radius 3 is 2.10 bits per heavy atom. The summed E-state index contributed by atoms with van der Waals surface area (Å²) >= 11 is 0. The molecule has 0 radical (unpaired) electrons. The summed E-state index contributed by atoms with van der Waals surface area (Å²) in [4.78, 5) is 36.0. The van der Waals surface area contributed by atoms with Crippen LogP contribution in [0.15, 0.2) is 42.5 Å². The van der Waals surface area contributed by atoms with E-state index in [-0.39, 0.29) is 18.8 Å². The molecule has 0 spiro atoms. The summed E-state index contributed by atoms with van der Waals surface area (Å²) in [5.41, 5.74) is 3.41. The second kappa shape index (κ2) is 11.1. The summed E-state index contributed by atoms with van der Waals surface area (Å²) in [6.07, 6.45) is 2.50.